The lowest BCUT2D eigenvalue weighted by Crippen LogP contribution is -2.38. The first-order valence-electron chi connectivity index (χ1n) is 5.35. The van der Waals surface area contributed by atoms with Gasteiger partial charge in [0.1, 0.15) is 0 Å². The van der Waals surface area contributed by atoms with E-state index in [1.54, 1.807) is 0 Å². The first kappa shape index (κ1) is 12.0. The first-order valence-corrected chi connectivity index (χ1v) is 5.35. The van der Waals surface area contributed by atoms with Crippen LogP contribution >= 0.6 is 0 Å². The molecule has 0 aromatic heterocycles. The minimum absolute atomic E-state index is 0.671. The van der Waals surface area contributed by atoms with Gasteiger partial charge in [0, 0.05) is 6.54 Å². The molecule has 0 unspecified atom stereocenters. The van der Waals surface area contributed by atoms with E-state index in [4.69, 9.17) is 0 Å². The van der Waals surface area contributed by atoms with Crippen molar-refractivity contribution in [2.24, 2.45) is 5.41 Å². The fourth-order valence-electron chi connectivity index (χ4n) is 1.70. The van der Waals surface area contributed by atoms with E-state index in [1.807, 2.05) is 13.8 Å². The Morgan fingerprint density at radius 2 is 1.75 bits per heavy atom. The van der Waals surface area contributed by atoms with Gasteiger partial charge in [-0.2, -0.15) is 0 Å². The van der Waals surface area contributed by atoms with Gasteiger partial charge in [0.15, 0.2) is 0 Å². The Kier molecular flexibility index (Phi) is 5.56. The largest absolute Gasteiger partial charge is 0.306 e. The van der Waals surface area contributed by atoms with Gasteiger partial charge in [0.05, 0.1) is 0 Å². The van der Waals surface area contributed by atoms with Crippen LogP contribution < -0.4 is 0 Å². The molecule has 1 rings (SSSR count). The van der Waals surface area contributed by atoms with E-state index in [0.29, 0.717) is 5.41 Å². The summed E-state index contributed by atoms with van der Waals surface area (Å²) < 4.78 is 0. The maximum Gasteiger partial charge on any atom is 0.00322 e. The Bertz CT molecular complexity index is 106. The second-order valence-corrected chi connectivity index (χ2v) is 3.99. The van der Waals surface area contributed by atoms with Crippen LogP contribution in [-0.4, -0.2) is 25.0 Å². The molecule has 0 spiro atoms. The van der Waals surface area contributed by atoms with Crippen LogP contribution in [0.2, 0.25) is 0 Å². The van der Waals surface area contributed by atoms with E-state index < -0.39 is 0 Å². The lowest BCUT2D eigenvalue weighted by atomic mass is 9.70. The maximum absolute atomic E-state index is 2.42. The molecule has 74 valence electrons. The monoisotopic (exact) mass is 171 g/mol. The fourth-order valence-corrected chi connectivity index (χ4v) is 1.70. The van der Waals surface area contributed by atoms with Gasteiger partial charge < -0.3 is 4.90 Å². The van der Waals surface area contributed by atoms with Gasteiger partial charge in [-0.1, -0.05) is 34.1 Å². The van der Waals surface area contributed by atoms with Gasteiger partial charge in [-0.05, 0) is 31.8 Å². The van der Waals surface area contributed by atoms with Gasteiger partial charge in [-0.15, -0.1) is 0 Å². The Hall–Kier alpha value is -0.0400. The molecule has 1 nitrogen and oxygen atoms in total. The third-order valence-corrected chi connectivity index (χ3v) is 2.75. The molecular weight excluding hydrogens is 146 g/mol. The molecule has 0 aliphatic heterocycles. The highest BCUT2D eigenvalue weighted by atomic mass is 15.1. The van der Waals surface area contributed by atoms with Crippen LogP contribution in [0.15, 0.2) is 0 Å². The van der Waals surface area contributed by atoms with Gasteiger partial charge >= 0.3 is 0 Å². The third kappa shape index (κ3) is 3.57. The minimum Gasteiger partial charge on any atom is -0.306 e. The summed E-state index contributed by atoms with van der Waals surface area (Å²) in [6, 6.07) is 0. The predicted octanol–water partition coefficient (Wildman–Crippen LogP) is 3.15. The van der Waals surface area contributed by atoms with Crippen molar-refractivity contribution in [2.45, 2.75) is 47.0 Å². The van der Waals surface area contributed by atoms with Crippen LogP contribution in [0, 0.1) is 5.41 Å². The summed E-state index contributed by atoms with van der Waals surface area (Å²) >= 11 is 0. The van der Waals surface area contributed by atoms with Crippen molar-refractivity contribution in [3.05, 3.63) is 0 Å². The van der Waals surface area contributed by atoms with Gasteiger partial charge in [-0.25, -0.2) is 0 Å². The first-order chi connectivity index (χ1) is 5.66. The summed E-state index contributed by atoms with van der Waals surface area (Å²) in [7, 11) is 2.21. The molecule has 0 atom stereocenters. The SMILES string of the molecule is CC.CCN(C)CC1(C)CCC1. The second-order valence-electron chi connectivity index (χ2n) is 3.99. The zero-order valence-electron chi connectivity index (χ0n) is 9.48. The Labute approximate surface area is 78.1 Å². The van der Waals surface area contributed by atoms with Crippen LogP contribution in [0.25, 0.3) is 0 Å². The van der Waals surface area contributed by atoms with Crippen LogP contribution in [0.1, 0.15) is 47.0 Å². The van der Waals surface area contributed by atoms with E-state index in [0.717, 1.165) is 0 Å². The summed E-state index contributed by atoms with van der Waals surface area (Å²) in [4.78, 5) is 2.42. The van der Waals surface area contributed by atoms with Crippen molar-refractivity contribution in [3.8, 4) is 0 Å². The van der Waals surface area contributed by atoms with Crippen molar-refractivity contribution in [1.29, 1.82) is 0 Å². The molecule has 0 saturated heterocycles. The number of nitrogens with zero attached hydrogens (tertiary/aromatic N) is 1. The zero-order chi connectivity index (χ0) is 9.61. The lowest BCUT2D eigenvalue weighted by molar-refractivity contribution is 0.102. The molecule has 1 fully saturated rings. The van der Waals surface area contributed by atoms with Crippen molar-refractivity contribution < 1.29 is 0 Å². The molecule has 0 aromatic carbocycles. The number of rotatable bonds is 3. The topological polar surface area (TPSA) is 3.24 Å². The van der Waals surface area contributed by atoms with E-state index in [-0.39, 0.29) is 0 Å². The molecule has 12 heavy (non-hydrogen) atoms. The highest BCUT2D eigenvalue weighted by molar-refractivity contribution is 4.85. The average molecular weight is 171 g/mol. The van der Waals surface area contributed by atoms with Gasteiger partial charge in [0.2, 0.25) is 0 Å². The standard InChI is InChI=1S/C9H19N.C2H6/c1-4-10(3)8-9(2)6-5-7-9;1-2/h4-8H2,1-3H3;1-2H3. The van der Waals surface area contributed by atoms with Crippen molar-refractivity contribution in [1.82, 2.24) is 4.90 Å². The van der Waals surface area contributed by atoms with Gasteiger partial charge in [-0.3, -0.25) is 0 Å². The molecule has 0 amide bonds. The summed E-state index contributed by atoms with van der Waals surface area (Å²) in [5.41, 5.74) is 0.671. The van der Waals surface area contributed by atoms with Crippen LogP contribution in [0.4, 0.5) is 0 Å². The highest BCUT2D eigenvalue weighted by Crippen LogP contribution is 2.40. The predicted molar refractivity (Wildman–Crippen MR) is 56.5 cm³/mol. The molecule has 1 aliphatic carbocycles. The zero-order valence-corrected chi connectivity index (χ0v) is 9.48. The minimum atomic E-state index is 0.671. The van der Waals surface area contributed by atoms with Crippen molar-refractivity contribution >= 4 is 0 Å². The summed E-state index contributed by atoms with van der Waals surface area (Å²) in [5, 5.41) is 0. The summed E-state index contributed by atoms with van der Waals surface area (Å²) in [5.74, 6) is 0. The lowest BCUT2D eigenvalue weighted by Gasteiger charge is -2.41. The normalized spacial score (nSPS) is 19.5. The molecule has 1 aliphatic rings. The molecule has 0 radical (unpaired) electrons. The molecule has 0 aromatic rings. The second kappa shape index (κ2) is 5.58. The maximum atomic E-state index is 2.42. The smallest absolute Gasteiger partial charge is 0.00322 e. The molecule has 1 saturated carbocycles. The molecule has 0 heterocycles. The Morgan fingerprint density at radius 1 is 1.25 bits per heavy atom. The Morgan fingerprint density at radius 3 is 2.00 bits per heavy atom. The third-order valence-electron chi connectivity index (χ3n) is 2.75. The van der Waals surface area contributed by atoms with E-state index in [2.05, 4.69) is 25.8 Å². The molecule has 1 heteroatoms. The van der Waals surface area contributed by atoms with Crippen LogP contribution in [0.5, 0.6) is 0 Å². The Balaban J connectivity index is 0.000000561. The summed E-state index contributed by atoms with van der Waals surface area (Å²) in [6.45, 7) is 11.1. The number of hydrogen-bond donors (Lipinski definition) is 0. The van der Waals surface area contributed by atoms with Crippen molar-refractivity contribution in [2.75, 3.05) is 20.1 Å². The summed E-state index contributed by atoms with van der Waals surface area (Å²) in [6.07, 6.45) is 4.34. The van der Waals surface area contributed by atoms with E-state index >= 15 is 0 Å². The van der Waals surface area contributed by atoms with E-state index in [1.165, 1.54) is 32.4 Å². The fraction of sp³-hybridized carbons (Fsp3) is 1.00. The quantitative estimate of drug-likeness (QED) is 0.630. The molecule has 0 N–H and O–H groups in total. The highest BCUT2D eigenvalue weighted by Gasteiger charge is 2.32. The van der Waals surface area contributed by atoms with E-state index in [9.17, 15) is 0 Å². The van der Waals surface area contributed by atoms with Crippen LogP contribution in [0.3, 0.4) is 0 Å². The van der Waals surface area contributed by atoms with Crippen LogP contribution in [-0.2, 0) is 0 Å². The molecule has 0 bridgehead atoms. The average Bonchev–Trinajstić information content (AvgIpc) is 2.05. The van der Waals surface area contributed by atoms with Crippen molar-refractivity contribution in [3.63, 3.8) is 0 Å². The number of hydrogen-bond acceptors (Lipinski definition) is 1. The van der Waals surface area contributed by atoms with Gasteiger partial charge in [0.25, 0.3) is 0 Å². The molecular formula is C11H25N.